The molecule has 0 aromatic heterocycles. The summed E-state index contributed by atoms with van der Waals surface area (Å²) < 4.78 is 5.91. The first kappa shape index (κ1) is 13.4. The van der Waals surface area contributed by atoms with E-state index in [1.807, 2.05) is 56.3 Å². The first-order valence-corrected chi connectivity index (χ1v) is 6.73. The van der Waals surface area contributed by atoms with Crippen molar-refractivity contribution in [3.8, 4) is 16.9 Å². The molecule has 2 aromatic rings. The molecule has 0 N–H and O–H groups in total. The number of nitro benzene ring substituents is 1. The van der Waals surface area contributed by atoms with Gasteiger partial charge in [0, 0.05) is 11.6 Å². The Balaban J connectivity index is 2.28. The van der Waals surface area contributed by atoms with Crippen molar-refractivity contribution in [3.63, 3.8) is 0 Å². The van der Waals surface area contributed by atoms with Crippen LogP contribution in [0.2, 0.25) is 0 Å². The largest absolute Gasteiger partial charge is 0.483 e. The van der Waals surface area contributed by atoms with Crippen LogP contribution < -0.4 is 4.74 Å². The summed E-state index contributed by atoms with van der Waals surface area (Å²) in [5.74, 6) is 0.673. The number of hydrogen-bond donors (Lipinski definition) is 0. The molecule has 1 aliphatic rings. The lowest BCUT2D eigenvalue weighted by atomic mass is 9.93. The van der Waals surface area contributed by atoms with E-state index in [4.69, 9.17) is 4.74 Å². The zero-order chi connectivity index (χ0) is 15.0. The van der Waals surface area contributed by atoms with Crippen molar-refractivity contribution in [1.82, 2.24) is 0 Å². The summed E-state index contributed by atoms with van der Waals surface area (Å²) in [6, 6.07) is 12.6. The highest BCUT2D eigenvalue weighted by molar-refractivity contribution is 5.86. The molecule has 4 nitrogen and oxygen atoms in total. The molecule has 0 fully saturated rings. The van der Waals surface area contributed by atoms with E-state index in [9.17, 15) is 10.1 Å². The van der Waals surface area contributed by atoms with Gasteiger partial charge in [-0.1, -0.05) is 36.4 Å². The van der Waals surface area contributed by atoms with E-state index in [0.717, 1.165) is 11.1 Å². The zero-order valence-corrected chi connectivity index (χ0v) is 11.9. The Kier molecular flexibility index (Phi) is 3.01. The van der Waals surface area contributed by atoms with Gasteiger partial charge in [-0.25, -0.2) is 0 Å². The maximum absolute atomic E-state index is 11.3. The number of rotatable bonds is 2. The number of fused-ring (bicyclic) bond motifs is 1. The molecular formula is C17H15NO3. The molecule has 0 unspecified atom stereocenters. The van der Waals surface area contributed by atoms with Crippen molar-refractivity contribution in [3.05, 3.63) is 64.2 Å². The van der Waals surface area contributed by atoms with Crippen molar-refractivity contribution in [2.75, 3.05) is 0 Å². The first-order valence-electron chi connectivity index (χ1n) is 6.73. The lowest BCUT2D eigenvalue weighted by Crippen LogP contribution is -2.27. The maximum atomic E-state index is 11.3. The Morgan fingerprint density at radius 3 is 2.48 bits per heavy atom. The molecule has 0 bridgehead atoms. The fraction of sp³-hybridized carbons (Fsp3) is 0.176. The highest BCUT2D eigenvalue weighted by Crippen LogP contribution is 2.42. The predicted molar refractivity (Wildman–Crippen MR) is 82.3 cm³/mol. The van der Waals surface area contributed by atoms with E-state index < -0.39 is 5.60 Å². The smallest absolute Gasteiger partial charge is 0.278 e. The van der Waals surface area contributed by atoms with Crippen LogP contribution in [0.3, 0.4) is 0 Å². The summed E-state index contributed by atoms with van der Waals surface area (Å²) in [6.07, 6.45) is 3.83. The Hall–Kier alpha value is -2.62. The van der Waals surface area contributed by atoms with Crippen molar-refractivity contribution in [2.45, 2.75) is 19.4 Å². The van der Waals surface area contributed by atoms with Gasteiger partial charge in [0.2, 0.25) is 0 Å². The summed E-state index contributed by atoms with van der Waals surface area (Å²) >= 11 is 0. The van der Waals surface area contributed by atoms with E-state index in [1.165, 1.54) is 6.07 Å². The highest BCUT2D eigenvalue weighted by atomic mass is 16.6. The third-order valence-electron chi connectivity index (χ3n) is 3.47. The van der Waals surface area contributed by atoms with Crippen molar-refractivity contribution in [2.24, 2.45) is 0 Å². The average molecular weight is 281 g/mol. The number of nitro groups is 1. The van der Waals surface area contributed by atoms with E-state index in [-0.39, 0.29) is 10.6 Å². The molecule has 2 aromatic carbocycles. The summed E-state index contributed by atoms with van der Waals surface area (Å²) in [5, 5.41) is 11.3. The van der Waals surface area contributed by atoms with Gasteiger partial charge in [-0.05, 0) is 31.6 Å². The van der Waals surface area contributed by atoms with Crippen LogP contribution >= 0.6 is 0 Å². The van der Waals surface area contributed by atoms with Crippen LogP contribution in [0.25, 0.3) is 17.2 Å². The zero-order valence-electron chi connectivity index (χ0n) is 11.9. The minimum absolute atomic E-state index is 0.0907. The Morgan fingerprint density at radius 2 is 1.81 bits per heavy atom. The molecule has 0 saturated carbocycles. The van der Waals surface area contributed by atoms with Gasteiger partial charge in [-0.2, -0.15) is 0 Å². The Morgan fingerprint density at radius 1 is 1.10 bits per heavy atom. The Labute approximate surface area is 122 Å². The van der Waals surface area contributed by atoms with Crippen LogP contribution in [0.15, 0.2) is 48.5 Å². The van der Waals surface area contributed by atoms with Crippen LogP contribution in [-0.2, 0) is 0 Å². The van der Waals surface area contributed by atoms with Gasteiger partial charge >= 0.3 is 0 Å². The molecule has 0 amide bonds. The summed E-state index contributed by atoms with van der Waals surface area (Å²) in [6.45, 7) is 3.91. The van der Waals surface area contributed by atoms with Crippen molar-refractivity contribution < 1.29 is 9.66 Å². The van der Waals surface area contributed by atoms with Crippen LogP contribution in [0.1, 0.15) is 19.4 Å². The van der Waals surface area contributed by atoms with Crippen molar-refractivity contribution in [1.29, 1.82) is 0 Å². The fourth-order valence-corrected chi connectivity index (χ4v) is 2.51. The molecule has 21 heavy (non-hydrogen) atoms. The third kappa shape index (κ3) is 2.40. The number of nitrogens with zero attached hydrogens (tertiary/aromatic N) is 1. The molecule has 0 aliphatic carbocycles. The second kappa shape index (κ2) is 4.74. The van der Waals surface area contributed by atoms with Gasteiger partial charge in [0.15, 0.2) is 0 Å². The molecule has 0 radical (unpaired) electrons. The standard InChI is InChI=1S/C17H15NO3/c1-17(2)11-10-13-15(21-17)9-8-14(18(19)20)16(13)12-6-4-3-5-7-12/h3-11H,1-2H3. The Bertz CT molecular complexity index is 733. The number of benzene rings is 2. The number of ether oxygens (including phenoxy) is 1. The molecule has 1 aliphatic heterocycles. The van der Waals surface area contributed by atoms with Gasteiger partial charge in [-0.3, -0.25) is 10.1 Å². The SMILES string of the molecule is CC1(C)C=Cc2c(ccc([N+](=O)[O-])c2-c2ccccc2)O1. The van der Waals surface area contributed by atoms with Gasteiger partial charge in [0.1, 0.15) is 11.4 Å². The van der Waals surface area contributed by atoms with Crippen LogP contribution in [0.4, 0.5) is 5.69 Å². The van der Waals surface area contributed by atoms with Crippen LogP contribution in [-0.4, -0.2) is 10.5 Å². The molecule has 3 rings (SSSR count). The van der Waals surface area contributed by atoms with E-state index in [0.29, 0.717) is 11.3 Å². The van der Waals surface area contributed by atoms with E-state index in [1.54, 1.807) is 6.07 Å². The van der Waals surface area contributed by atoms with Gasteiger partial charge in [0.25, 0.3) is 5.69 Å². The highest BCUT2D eigenvalue weighted by Gasteiger charge is 2.28. The summed E-state index contributed by atoms with van der Waals surface area (Å²) in [5.41, 5.74) is 1.86. The monoisotopic (exact) mass is 281 g/mol. The lowest BCUT2D eigenvalue weighted by molar-refractivity contribution is -0.384. The molecule has 0 atom stereocenters. The minimum atomic E-state index is -0.406. The molecule has 0 spiro atoms. The molecular weight excluding hydrogens is 266 g/mol. The van der Waals surface area contributed by atoms with Crippen LogP contribution in [0.5, 0.6) is 5.75 Å². The van der Waals surface area contributed by atoms with Crippen LogP contribution in [0, 0.1) is 10.1 Å². The first-order chi connectivity index (χ1) is 9.98. The fourth-order valence-electron chi connectivity index (χ4n) is 2.51. The lowest BCUT2D eigenvalue weighted by Gasteiger charge is -2.28. The van der Waals surface area contributed by atoms with E-state index >= 15 is 0 Å². The minimum Gasteiger partial charge on any atom is -0.483 e. The van der Waals surface area contributed by atoms with E-state index in [2.05, 4.69) is 0 Å². The average Bonchev–Trinajstić information content (AvgIpc) is 2.45. The topological polar surface area (TPSA) is 52.4 Å². The second-order valence-corrected chi connectivity index (χ2v) is 5.53. The van der Waals surface area contributed by atoms with Gasteiger partial charge in [-0.15, -0.1) is 0 Å². The normalized spacial score (nSPS) is 15.1. The predicted octanol–water partition coefficient (Wildman–Crippen LogP) is 4.45. The molecule has 106 valence electrons. The van der Waals surface area contributed by atoms with Gasteiger partial charge < -0.3 is 4.74 Å². The molecule has 4 heteroatoms. The maximum Gasteiger partial charge on any atom is 0.278 e. The molecule has 1 heterocycles. The number of hydrogen-bond acceptors (Lipinski definition) is 3. The van der Waals surface area contributed by atoms with Crippen molar-refractivity contribution >= 4 is 11.8 Å². The molecule has 0 saturated heterocycles. The second-order valence-electron chi connectivity index (χ2n) is 5.53. The third-order valence-corrected chi connectivity index (χ3v) is 3.47. The quantitative estimate of drug-likeness (QED) is 0.603. The van der Waals surface area contributed by atoms with Gasteiger partial charge in [0.05, 0.1) is 10.5 Å². The summed E-state index contributed by atoms with van der Waals surface area (Å²) in [4.78, 5) is 11.0. The summed E-state index contributed by atoms with van der Waals surface area (Å²) in [7, 11) is 0.